The lowest BCUT2D eigenvalue weighted by molar-refractivity contribution is -0.137. The third kappa shape index (κ3) is 2.23. The molecule has 3 rings (SSSR count). The second-order valence-corrected chi connectivity index (χ2v) is 7.48. The molecule has 21 heavy (non-hydrogen) atoms. The molecule has 1 saturated carbocycles. The molecule has 112 valence electrons. The first-order chi connectivity index (χ1) is 9.76. The molecule has 1 heterocycles. The molecule has 3 nitrogen and oxygen atoms in total. The fraction of sp³-hybridized carbons (Fsp3) is 0.438. The fourth-order valence-corrected chi connectivity index (χ4v) is 3.29. The number of benzene rings is 1. The molecule has 0 spiro atoms. The third-order valence-electron chi connectivity index (χ3n) is 4.49. The molecule has 0 aliphatic heterocycles. The number of fused-ring (bicyclic) bond motifs is 1. The van der Waals surface area contributed by atoms with E-state index in [1.54, 1.807) is 18.9 Å². The van der Waals surface area contributed by atoms with E-state index < -0.39 is 9.75 Å². The van der Waals surface area contributed by atoms with Crippen LogP contribution in [0.2, 0.25) is 0 Å². The van der Waals surface area contributed by atoms with E-state index in [4.69, 9.17) is 27.6 Å². The van der Waals surface area contributed by atoms with E-state index in [9.17, 15) is 4.79 Å². The Morgan fingerprint density at radius 1 is 1.38 bits per heavy atom. The highest BCUT2D eigenvalue weighted by atomic mass is 35.5. The van der Waals surface area contributed by atoms with Crippen LogP contribution in [0.3, 0.4) is 0 Å². The highest BCUT2D eigenvalue weighted by Gasteiger charge is 2.68. The number of nitrogens with zero attached hydrogens (tertiary/aromatic N) is 1. The lowest BCUT2D eigenvalue weighted by atomic mass is 10.1. The topological polar surface area (TPSA) is 33.5 Å². The average Bonchev–Trinajstić information content (AvgIpc) is 2.82. The first kappa shape index (κ1) is 14.7. The predicted molar refractivity (Wildman–Crippen MR) is 84.6 cm³/mol. The average molecular weight is 326 g/mol. The van der Waals surface area contributed by atoms with Crippen molar-refractivity contribution < 1.29 is 9.21 Å². The summed E-state index contributed by atoms with van der Waals surface area (Å²) in [5.41, 5.74) is 0.118. The third-order valence-corrected chi connectivity index (χ3v) is 5.59. The quantitative estimate of drug-likeness (QED) is 0.776. The van der Waals surface area contributed by atoms with Gasteiger partial charge in [-0.2, -0.15) is 0 Å². The van der Waals surface area contributed by atoms with Gasteiger partial charge in [-0.3, -0.25) is 4.79 Å². The van der Waals surface area contributed by atoms with Crippen molar-refractivity contribution in [2.24, 2.45) is 5.41 Å². The fourth-order valence-electron chi connectivity index (χ4n) is 2.60. The summed E-state index contributed by atoms with van der Waals surface area (Å²) >= 11 is 12.2. The molecule has 0 saturated heterocycles. The van der Waals surface area contributed by atoms with Crippen LogP contribution in [0.5, 0.6) is 0 Å². The Labute approximate surface area is 133 Å². The van der Waals surface area contributed by atoms with E-state index in [-0.39, 0.29) is 11.9 Å². The van der Waals surface area contributed by atoms with Crippen molar-refractivity contribution in [3.8, 4) is 0 Å². The molecule has 0 bridgehead atoms. The number of alkyl halides is 2. The number of para-hydroxylation sites is 1. The molecule has 1 aromatic heterocycles. The number of rotatable bonds is 3. The molecular formula is C16H17Cl2NO2. The second-order valence-electron chi connectivity index (χ2n) is 5.99. The summed E-state index contributed by atoms with van der Waals surface area (Å²) in [5, 5.41) is 1.03. The van der Waals surface area contributed by atoms with Crippen LogP contribution in [0.4, 0.5) is 0 Å². The number of furan rings is 1. The predicted octanol–water partition coefficient (Wildman–Crippen LogP) is 4.54. The molecule has 0 radical (unpaired) electrons. The Kier molecular flexibility index (Phi) is 3.26. The van der Waals surface area contributed by atoms with E-state index in [0.29, 0.717) is 6.42 Å². The van der Waals surface area contributed by atoms with Crippen molar-refractivity contribution >= 4 is 40.1 Å². The van der Waals surface area contributed by atoms with Crippen LogP contribution in [0.25, 0.3) is 11.0 Å². The molecule has 1 amide bonds. The Morgan fingerprint density at radius 3 is 2.57 bits per heavy atom. The first-order valence-electron chi connectivity index (χ1n) is 6.90. The number of amides is 1. The summed E-state index contributed by atoms with van der Waals surface area (Å²) in [5.74, 6) is 0.700. The van der Waals surface area contributed by atoms with Crippen LogP contribution < -0.4 is 0 Å². The number of carbonyl (C=O) groups excluding carboxylic acids is 1. The second kappa shape index (κ2) is 4.65. The van der Waals surface area contributed by atoms with E-state index in [2.05, 4.69) is 0 Å². The zero-order valence-corrected chi connectivity index (χ0v) is 13.7. The highest BCUT2D eigenvalue weighted by Crippen LogP contribution is 2.64. The number of carbonyl (C=O) groups is 1. The van der Waals surface area contributed by atoms with Gasteiger partial charge in [-0.15, -0.1) is 23.2 Å². The van der Waals surface area contributed by atoms with Gasteiger partial charge in [-0.25, -0.2) is 0 Å². The van der Waals surface area contributed by atoms with Crippen LogP contribution >= 0.6 is 23.2 Å². The number of hydrogen-bond donors (Lipinski definition) is 0. The lowest BCUT2D eigenvalue weighted by Crippen LogP contribution is -2.36. The lowest BCUT2D eigenvalue weighted by Gasteiger charge is -2.27. The van der Waals surface area contributed by atoms with Gasteiger partial charge >= 0.3 is 0 Å². The summed E-state index contributed by atoms with van der Waals surface area (Å²) in [6.07, 6.45) is 0.485. The zero-order chi connectivity index (χ0) is 15.4. The Bertz CT molecular complexity index is 676. The minimum atomic E-state index is -0.952. The van der Waals surface area contributed by atoms with Crippen LogP contribution in [0.15, 0.2) is 34.7 Å². The van der Waals surface area contributed by atoms with Crippen molar-refractivity contribution in [3.63, 3.8) is 0 Å². The van der Waals surface area contributed by atoms with Crippen molar-refractivity contribution in [3.05, 3.63) is 36.1 Å². The maximum Gasteiger partial charge on any atom is 0.232 e. The highest BCUT2D eigenvalue weighted by molar-refractivity contribution is 6.53. The van der Waals surface area contributed by atoms with Gasteiger partial charge in [-0.05, 0) is 32.4 Å². The molecule has 1 aliphatic carbocycles. The minimum Gasteiger partial charge on any atom is -0.459 e. The summed E-state index contributed by atoms with van der Waals surface area (Å²) in [6, 6.07) is 9.58. The first-order valence-corrected chi connectivity index (χ1v) is 7.65. The van der Waals surface area contributed by atoms with E-state index in [1.807, 2.05) is 37.3 Å². The van der Waals surface area contributed by atoms with Crippen LogP contribution in [0.1, 0.15) is 32.1 Å². The largest absolute Gasteiger partial charge is 0.459 e. The summed E-state index contributed by atoms with van der Waals surface area (Å²) in [6.45, 7) is 3.74. The minimum absolute atomic E-state index is 0.0551. The van der Waals surface area contributed by atoms with Crippen molar-refractivity contribution in [1.29, 1.82) is 0 Å². The summed E-state index contributed by atoms with van der Waals surface area (Å²) < 4.78 is 4.87. The van der Waals surface area contributed by atoms with Gasteiger partial charge in [0.15, 0.2) is 0 Å². The molecular weight excluding hydrogens is 309 g/mol. The van der Waals surface area contributed by atoms with Gasteiger partial charge in [0.1, 0.15) is 15.7 Å². The Hall–Kier alpha value is -1.19. The van der Waals surface area contributed by atoms with Gasteiger partial charge in [0.2, 0.25) is 5.91 Å². The van der Waals surface area contributed by atoms with Gasteiger partial charge in [0.05, 0.1) is 11.5 Å². The smallest absolute Gasteiger partial charge is 0.232 e. The molecule has 1 aromatic carbocycles. The summed E-state index contributed by atoms with van der Waals surface area (Å²) in [4.78, 5) is 14.2. The maximum absolute atomic E-state index is 12.6. The van der Waals surface area contributed by atoms with Crippen molar-refractivity contribution in [1.82, 2.24) is 4.90 Å². The van der Waals surface area contributed by atoms with Gasteiger partial charge < -0.3 is 9.32 Å². The number of halogens is 2. The van der Waals surface area contributed by atoms with E-state index >= 15 is 0 Å². The van der Waals surface area contributed by atoms with Gasteiger partial charge in [0.25, 0.3) is 0 Å². The standard InChI is InChI=1S/C16H17Cl2NO2/c1-10(13-8-11-6-4-5-7-12(11)21-13)19(3)14(20)15(2)9-16(15,17)18/h4-8,10H,9H2,1-3H3/t10-,15-/m1/s1. The molecule has 2 atom stereocenters. The van der Waals surface area contributed by atoms with Gasteiger partial charge in [0, 0.05) is 12.4 Å². The van der Waals surface area contributed by atoms with Crippen molar-refractivity contribution in [2.45, 2.75) is 30.6 Å². The molecule has 1 fully saturated rings. The molecule has 1 aliphatic rings. The molecule has 0 unspecified atom stereocenters. The van der Waals surface area contributed by atoms with Crippen LogP contribution in [0, 0.1) is 5.41 Å². The molecule has 2 aromatic rings. The van der Waals surface area contributed by atoms with E-state index in [0.717, 1.165) is 16.7 Å². The van der Waals surface area contributed by atoms with E-state index in [1.165, 1.54) is 0 Å². The Morgan fingerprint density at radius 2 is 2.00 bits per heavy atom. The Balaban J connectivity index is 1.84. The SMILES string of the molecule is C[C@H](c1cc2ccccc2o1)N(C)C(=O)[C@@]1(C)CC1(Cl)Cl. The number of hydrogen-bond acceptors (Lipinski definition) is 2. The van der Waals surface area contributed by atoms with Crippen molar-refractivity contribution in [2.75, 3.05) is 7.05 Å². The van der Waals surface area contributed by atoms with Crippen LogP contribution in [-0.2, 0) is 4.79 Å². The van der Waals surface area contributed by atoms with Crippen LogP contribution in [-0.4, -0.2) is 22.2 Å². The molecule has 0 N–H and O–H groups in total. The zero-order valence-electron chi connectivity index (χ0n) is 12.2. The monoisotopic (exact) mass is 325 g/mol. The molecule has 5 heteroatoms. The maximum atomic E-state index is 12.6. The summed E-state index contributed by atoms with van der Waals surface area (Å²) in [7, 11) is 1.76. The van der Waals surface area contributed by atoms with Gasteiger partial charge in [-0.1, -0.05) is 18.2 Å². The normalized spacial score (nSPS) is 24.8.